The molecule has 0 aliphatic heterocycles. The van der Waals surface area contributed by atoms with Crippen LogP contribution in [0.15, 0.2) is 164 Å². The Balaban J connectivity index is 1.32. The van der Waals surface area contributed by atoms with Crippen LogP contribution in [0.2, 0.25) is 0 Å². The first-order valence-corrected chi connectivity index (χ1v) is 17.5. The zero-order valence-corrected chi connectivity index (χ0v) is 27.7. The number of aromatic nitrogens is 5. The predicted molar refractivity (Wildman–Crippen MR) is 212 cm³/mol. The fraction of sp³-hybridized carbons (Fsp3) is 0. The van der Waals surface area contributed by atoms with Gasteiger partial charge in [-0.2, -0.15) is 9.97 Å². The number of benzene rings is 7. The molecule has 0 aliphatic rings. The Labute approximate surface area is 303 Å². The highest BCUT2D eigenvalue weighted by Crippen LogP contribution is 2.43. The van der Waals surface area contributed by atoms with Gasteiger partial charge in [0, 0.05) is 58.5 Å². The highest BCUT2D eigenvalue weighted by atomic mass is 32.1. The van der Waals surface area contributed by atoms with E-state index in [9.17, 15) is 0 Å². The number of thiophene rings is 1. The summed E-state index contributed by atoms with van der Waals surface area (Å²) in [5.41, 5.74) is 4.77. The minimum atomic E-state index is -0.441. The van der Waals surface area contributed by atoms with Crippen molar-refractivity contribution in [3.63, 3.8) is 0 Å². The number of hydrogen-bond acceptors (Lipinski definition) is 4. The van der Waals surface area contributed by atoms with Crippen molar-refractivity contribution in [2.45, 2.75) is 0 Å². The van der Waals surface area contributed by atoms with Crippen molar-refractivity contribution in [3.8, 4) is 34.4 Å². The van der Waals surface area contributed by atoms with E-state index in [1.807, 2.05) is 88.0 Å². The van der Waals surface area contributed by atoms with Gasteiger partial charge in [0.1, 0.15) is 0 Å². The van der Waals surface area contributed by atoms with Crippen LogP contribution in [0.25, 0.3) is 98.2 Å². The smallest absolute Gasteiger partial charge is 0.238 e. The molecule has 0 radical (unpaired) electrons. The van der Waals surface area contributed by atoms with E-state index >= 15 is 0 Å². The van der Waals surface area contributed by atoms with Gasteiger partial charge in [0.15, 0.2) is 11.6 Å². The quantitative estimate of drug-likeness (QED) is 0.187. The maximum atomic E-state index is 9.12. The Morgan fingerprint density at radius 1 is 0.471 bits per heavy atom. The summed E-state index contributed by atoms with van der Waals surface area (Å²) < 4.78 is 50.0. The van der Waals surface area contributed by atoms with E-state index < -0.39 is 18.1 Å². The van der Waals surface area contributed by atoms with Crippen LogP contribution in [0.1, 0.15) is 6.85 Å². The normalized spacial score (nSPS) is 13.3. The summed E-state index contributed by atoms with van der Waals surface area (Å²) in [6.07, 6.45) is 0. The summed E-state index contributed by atoms with van der Waals surface area (Å²) in [5.74, 6) is 1.42. The molecule has 5 nitrogen and oxygen atoms in total. The molecule has 51 heavy (non-hydrogen) atoms. The van der Waals surface area contributed by atoms with Crippen molar-refractivity contribution in [2.24, 2.45) is 0 Å². The Bertz CT molecular complexity index is 3410. The second-order valence-corrected chi connectivity index (χ2v) is 13.5. The number of rotatable bonds is 4. The second kappa shape index (κ2) is 10.9. The number of hydrogen-bond donors (Lipinski definition) is 0. The topological polar surface area (TPSA) is 48.5 Å². The van der Waals surface area contributed by atoms with Crippen LogP contribution in [0.5, 0.6) is 0 Å². The van der Waals surface area contributed by atoms with Crippen LogP contribution in [0, 0.1) is 0 Å². The molecule has 6 heteroatoms. The summed E-state index contributed by atoms with van der Waals surface area (Å²) in [6.45, 7) is 0. The summed E-state index contributed by atoms with van der Waals surface area (Å²) >= 11 is 1.71. The van der Waals surface area contributed by atoms with Crippen LogP contribution in [-0.2, 0) is 0 Å². The van der Waals surface area contributed by atoms with Crippen molar-refractivity contribution < 1.29 is 6.85 Å². The fourth-order valence-electron chi connectivity index (χ4n) is 7.52. The lowest BCUT2D eigenvalue weighted by Gasteiger charge is -2.13. The van der Waals surface area contributed by atoms with Crippen LogP contribution < -0.4 is 0 Å². The van der Waals surface area contributed by atoms with Gasteiger partial charge < -0.3 is 4.57 Å². The molecule has 0 saturated carbocycles. The predicted octanol–water partition coefficient (Wildman–Crippen LogP) is 11.8. The van der Waals surface area contributed by atoms with E-state index in [1.54, 1.807) is 11.3 Å². The van der Waals surface area contributed by atoms with Gasteiger partial charge in [0.05, 0.1) is 28.9 Å². The van der Waals surface area contributed by atoms with Crippen molar-refractivity contribution in [2.75, 3.05) is 0 Å². The largest absolute Gasteiger partial charge is 0.307 e. The van der Waals surface area contributed by atoms with E-state index in [-0.39, 0.29) is 17.8 Å². The van der Waals surface area contributed by atoms with Gasteiger partial charge >= 0.3 is 0 Å². The first-order valence-electron chi connectivity index (χ1n) is 19.1. The lowest BCUT2D eigenvalue weighted by molar-refractivity contribution is 0.954. The van der Waals surface area contributed by atoms with Crippen LogP contribution in [0.4, 0.5) is 0 Å². The van der Waals surface area contributed by atoms with E-state index in [0.717, 1.165) is 53.8 Å². The van der Waals surface area contributed by atoms with Crippen molar-refractivity contribution >= 4 is 75.1 Å². The number of para-hydroxylation sites is 3. The van der Waals surface area contributed by atoms with E-state index in [0.29, 0.717) is 28.6 Å². The molecule has 4 aromatic heterocycles. The van der Waals surface area contributed by atoms with Gasteiger partial charge in [0.2, 0.25) is 5.95 Å². The van der Waals surface area contributed by atoms with E-state index in [4.69, 9.17) is 21.8 Å². The fourth-order valence-corrected chi connectivity index (χ4v) is 8.73. The molecule has 0 fully saturated rings. The molecular weight excluding hydrogens is 643 g/mol. The lowest BCUT2D eigenvalue weighted by atomic mass is 10.1. The molecule has 0 amide bonds. The summed E-state index contributed by atoms with van der Waals surface area (Å²) in [4.78, 5) is 15.7. The monoisotopic (exact) mass is 674 g/mol. The molecule has 0 atom stereocenters. The maximum absolute atomic E-state index is 9.12. The SMILES string of the molecule is [2H]c1c([2H])c([2H])c(-n2c3ccccc3c3ccc4c5ccccc5n(-c5nc(-c6ccccc6)nc(-c6cccc7c6sc6ccccc67)n5)c4c32)c([2H])c1[2H]. The molecule has 7 aromatic carbocycles. The minimum Gasteiger partial charge on any atom is -0.307 e. The molecular formula is C45H27N5S. The molecule has 0 spiro atoms. The Morgan fingerprint density at radius 2 is 1.08 bits per heavy atom. The van der Waals surface area contributed by atoms with E-state index in [1.165, 1.54) is 10.1 Å². The zero-order chi connectivity index (χ0) is 37.8. The Kier molecular flexibility index (Phi) is 5.08. The Morgan fingerprint density at radius 3 is 1.84 bits per heavy atom. The van der Waals surface area contributed by atoms with Gasteiger partial charge in [-0.3, -0.25) is 4.57 Å². The average Bonchev–Trinajstić information content (AvgIpc) is 3.90. The van der Waals surface area contributed by atoms with Crippen molar-refractivity contribution in [1.82, 2.24) is 24.1 Å². The number of fused-ring (bicyclic) bond motifs is 10. The summed E-state index contributed by atoms with van der Waals surface area (Å²) in [5, 5.41) is 5.91. The Hall–Kier alpha value is -6.63. The highest BCUT2D eigenvalue weighted by Gasteiger charge is 2.24. The van der Waals surface area contributed by atoms with Crippen LogP contribution in [-0.4, -0.2) is 24.1 Å². The number of nitrogens with zero attached hydrogens (tertiary/aromatic N) is 5. The first-order chi connectivity index (χ1) is 27.4. The highest BCUT2D eigenvalue weighted by molar-refractivity contribution is 7.26. The van der Waals surface area contributed by atoms with Gasteiger partial charge in [-0.15, -0.1) is 11.3 Å². The third kappa shape index (κ3) is 4.17. The molecule has 11 aromatic rings. The zero-order valence-electron chi connectivity index (χ0n) is 31.8. The average molecular weight is 675 g/mol. The lowest BCUT2D eigenvalue weighted by Crippen LogP contribution is -2.07. The molecule has 0 unspecified atom stereocenters. The second-order valence-electron chi connectivity index (χ2n) is 12.5. The molecule has 11 rings (SSSR count). The minimum absolute atomic E-state index is 0.0734. The maximum Gasteiger partial charge on any atom is 0.238 e. The first kappa shape index (κ1) is 23.7. The summed E-state index contributed by atoms with van der Waals surface area (Å²) in [6, 6.07) is 42.7. The van der Waals surface area contributed by atoms with Gasteiger partial charge in [-0.25, -0.2) is 4.98 Å². The molecule has 0 N–H and O–H groups in total. The van der Waals surface area contributed by atoms with Crippen molar-refractivity contribution in [1.29, 1.82) is 0 Å². The van der Waals surface area contributed by atoms with Crippen LogP contribution >= 0.6 is 11.3 Å². The molecule has 0 saturated heterocycles. The summed E-state index contributed by atoms with van der Waals surface area (Å²) in [7, 11) is 0. The van der Waals surface area contributed by atoms with Crippen molar-refractivity contribution in [3.05, 3.63) is 164 Å². The van der Waals surface area contributed by atoms with Gasteiger partial charge in [-0.1, -0.05) is 127 Å². The van der Waals surface area contributed by atoms with Gasteiger partial charge in [0.25, 0.3) is 0 Å². The third-order valence-electron chi connectivity index (χ3n) is 9.68. The van der Waals surface area contributed by atoms with Crippen LogP contribution in [0.3, 0.4) is 0 Å². The van der Waals surface area contributed by atoms with E-state index in [2.05, 4.69) is 54.6 Å². The van der Waals surface area contributed by atoms with Gasteiger partial charge in [-0.05, 0) is 36.4 Å². The molecule has 0 aliphatic carbocycles. The molecule has 238 valence electrons. The standard InChI is InChI=1S/C45H27N5S/c1-3-14-28(15-4-1)43-46-44(36-22-13-21-35-32-20-9-12-25-39(32)51-42(35)36)48-45(47-43)50-38-24-11-8-19-31(38)34-27-26-33-30-18-7-10-23-37(30)49(40(33)41(34)50)29-16-5-2-6-17-29/h1-27H/i2D,5D,6D,16D,17D. The molecule has 4 heterocycles. The molecule has 0 bridgehead atoms. The third-order valence-corrected chi connectivity index (χ3v) is 10.9.